The molecular formula is C11H9F4N5O2. The second-order valence-corrected chi connectivity index (χ2v) is 4.42. The van der Waals surface area contributed by atoms with Crippen molar-refractivity contribution in [3.63, 3.8) is 0 Å². The summed E-state index contributed by atoms with van der Waals surface area (Å²) in [5, 5.41) is 6.64. The number of alkyl halides is 3. The maximum absolute atomic E-state index is 13.5. The molecule has 1 aromatic carbocycles. The lowest BCUT2D eigenvalue weighted by atomic mass is 10.2. The van der Waals surface area contributed by atoms with E-state index in [4.69, 9.17) is 0 Å². The smallest absolute Gasteiger partial charge is 0.329 e. The summed E-state index contributed by atoms with van der Waals surface area (Å²) in [4.78, 5) is 24.6. The van der Waals surface area contributed by atoms with Crippen LogP contribution in [-0.4, -0.2) is 44.8 Å². The molecule has 0 aliphatic rings. The van der Waals surface area contributed by atoms with Crippen molar-refractivity contribution in [2.24, 2.45) is 0 Å². The van der Waals surface area contributed by atoms with Gasteiger partial charge in [0.25, 0.3) is 0 Å². The molecule has 11 heteroatoms. The predicted molar refractivity (Wildman–Crippen MR) is 65.1 cm³/mol. The molecule has 2 aromatic rings. The molecule has 0 fully saturated rings. The summed E-state index contributed by atoms with van der Waals surface area (Å²) in [6, 6.07) is 1.02. The second-order valence-electron chi connectivity index (χ2n) is 4.42. The molecule has 1 amide bonds. The molecule has 0 N–H and O–H groups in total. The van der Waals surface area contributed by atoms with Gasteiger partial charge in [0.1, 0.15) is 5.82 Å². The lowest BCUT2D eigenvalue weighted by Gasteiger charge is -2.08. The van der Waals surface area contributed by atoms with Crippen LogP contribution in [0.1, 0.15) is 5.56 Å². The Morgan fingerprint density at radius 3 is 2.36 bits per heavy atom. The van der Waals surface area contributed by atoms with Gasteiger partial charge in [0, 0.05) is 20.2 Å². The summed E-state index contributed by atoms with van der Waals surface area (Å²) in [7, 11) is 2.73. The highest BCUT2D eigenvalue weighted by Crippen LogP contribution is 2.31. The number of aromatic nitrogens is 4. The standard InChI is InChI=1S/C11H9F4N5O2/c1-18(2)9(21)20-10(22)19(16-17-20)6-3-4-7(8(12)5-6)11(13,14)15/h3-5H,1-2H3. The third-order valence-electron chi connectivity index (χ3n) is 2.65. The van der Waals surface area contributed by atoms with Crippen LogP contribution in [0.25, 0.3) is 5.69 Å². The maximum atomic E-state index is 13.5. The van der Waals surface area contributed by atoms with Gasteiger partial charge >= 0.3 is 17.9 Å². The zero-order chi connectivity index (χ0) is 16.7. The number of hydrogen-bond acceptors (Lipinski definition) is 4. The molecule has 1 heterocycles. The molecule has 0 unspecified atom stereocenters. The van der Waals surface area contributed by atoms with Crippen LogP contribution in [0.3, 0.4) is 0 Å². The maximum Gasteiger partial charge on any atom is 0.419 e. The lowest BCUT2D eigenvalue weighted by Crippen LogP contribution is -2.36. The lowest BCUT2D eigenvalue weighted by molar-refractivity contribution is -0.139. The fourth-order valence-electron chi connectivity index (χ4n) is 1.58. The van der Waals surface area contributed by atoms with Crippen LogP contribution in [0.5, 0.6) is 0 Å². The highest BCUT2D eigenvalue weighted by atomic mass is 19.4. The van der Waals surface area contributed by atoms with E-state index in [0.29, 0.717) is 21.5 Å². The van der Waals surface area contributed by atoms with E-state index in [1.807, 2.05) is 0 Å². The Kier molecular flexibility index (Phi) is 3.73. The fraction of sp³-hybridized carbons (Fsp3) is 0.273. The zero-order valence-corrected chi connectivity index (χ0v) is 11.3. The monoisotopic (exact) mass is 319 g/mol. The van der Waals surface area contributed by atoms with E-state index in [9.17, 15) is 27.2 Å². The Bertz CT molecular complexity index is 778. The number of hydrogen-bond donors (Lipinski definition) is 0. The molecule has 1 aromatic heterocycles. The average molecular weight is 319 g/mol. The molecule has 0 saturated carbocycles. The van der Waals surface area contributed by atoms with Crippen LogP contribution in [0.15, 0.2) is 23.0 Å². The number of tetrazole rings is 1. The largest absolute Gasteiger partial charge is 0.419 e. The minimum Gasteiger partial charge on any atom is -0.329 e. The van der Waals surface area contributed by atoms with Crippen molar-refractivity contribution >= 4 is 6.03 Å². The van der Waals surface area contributed by atoms with E-state index in [-0.39, 0.29) is 5.69 Å². The Morgan fingerprint density at radius 1 is 1.23 bits per heavy atom. The van der Waals surface area contributed by atoms with Crippen LogP contribution in [0.4, 0.5) is 22.4 Å². The number of halogens is 4. The van der Waals surface area contributed by atoms with Gasteiger partial charge in [0.2, 0.25) is 0 Å². The molecule has 7 nitrogen and oxygen atoms in total. The number of nitrogens with zero attached hydrogens (tertiary/aromatic N) is 5. The van der Waals surface area contributed by atoms with E-state index in [1.165, 1.54) is 14.1 Å². The van der Waals surface area contributed by atoms with E-state index in [0.717, 1.165) is 11.0 Å². The Morgan fingerprint density at radius 2 is 1.86 bits per heavy atom. The van der Waals surface area contributed by atoms with Gasteiger partial charge < -0.3 is 4.90 Å². The molecule has 0 atom stereocenters. The van der Waals surface area contributed by atoms with E-state index in [2.05, 4.69) is 10.4 Å². The molecule has 2 rings (SSSR count). The molecule has 118 valence electrons. The second kappa shape index (κ2) is 5.24. The Labute approximate surface area is 120 Å². The predicted octanol–water partition coefficient (Wildman–Crippen LogP) is 1.12. The van der Waals surface area contributed by atoms with Crippen molar-refractivity contribution in [1.29, 1.82) is 0 Å². The van der Waals surface area contributed by atoms with E-state index >= 15 is 0 Å². The van der Waals surface area contributed by atoms with Gasteiger partial charge in [0.15, 0.2) is 0 Å². The summed E-state index contributed by atoms with van der Waals surface area (Å²) in [5.41, 5.74) is -2.78. The molecule has 0 bridgehead atoms. The van der Waals surface area contributed by atoms with Crippen LogP contribution in [0.2, 0.25) is 0 Å². The summed E-state index contributed by atoms with van der Waals surface area (Å²) < 4.78 is 51.8. The van der Waals surface area contributed by atoms with Crippen molar-refractivity contribution in [2.45, 2.75) is 6.18 Å². The first-order chi connectivity index (χ1) is 10.1. The van der Waals surface area contributed by atoms with Crippen LogP contribution in [-0.2, 0) is 6.18 Å². The average Bonchev–Trinajstić information content (AvgIpc) is 2.77. The summed E-state index contributed by atoms with van der Waals surface area (Å²) in [6.07, 6.45) is -4.86. The molecule has 0 aliphatic heterocycles. The molecule has 0 aliphatic carbocycles. The Balaban J connectivity index is 2.49. The highest BCUT2D eigenvalue weighted by molar-refractivity contribution is 5.74. The quantitative estimate of drug-likeness (QED) is 0.583. The number of carbonyl (C=O) groups is 1. The van der Waals surface area contributed by atoms with Crippen molar-refractivity contribution in [1.82, 2.24) is 24.7 Å². The van der Waals surface area contributed by atoms with Crippen molar-refractivity contribution < 1.29 is 22.4 Å². The van der Waals surface area contributed by atoms with Crippen molar-refractivity contribution in [3.8, 4) is 5.69 Å². The van der Waals surface area contributed by atoms with Gasteiger partial charge in [0.05, 0.1) is 11.3 Å². The minimum atomic E-state index is -4.86. The molecular weight excluding hydrogens is 310 g/mol. The van der Waals surface area contributed by atoms with Crippen molar-refractivity contribution in [2.75, 3.05) is 14.1 Å². The molecule has 0 spiro atoms. The minimum absolute atomic E-state index is 0.284. The van der Waals surface area contributed by atoms with Crippen LogP contribution < -0.4 is 5.69 Å². The van der Waals surface area contributed by atoms with E-state index in [1.54, 1.807) is 0 Å². The highest BCUT2D eigenvalue weighted by Gasteiger charge is 2.34. The van der Waals surface area contributed by atoms with E-state index < -0.39 is 29.3 Å². The third-order valence-corrected chi connectivity index (χ3v) is 2.65. The van der Waals surface area contributed by atoms with Gasteiger partial charge in [-0.2, -0.15) is 17.9 Å². The number of benzene rings is 1. The SMILES string of the molecule is CN(C)C(=O)n1nnn(-c2ccc(C(F)(F)F)c(F)c2)c1=O. The van der Waals surface area contributed by atoms with Gasteiger partial charge in [-0.3, -0.25) is 0 Å². The molecule has 0 saturated heterocycles. The fourth-order valence-corrected chi connectivity index (χ4v) is 1.58. The first-order valence-corrected chi connectivity index (χ1v) is 5.76. The van der Waals surface area contributed by atoms with Gasteiger partial charge in [-0.05, 0) is 22.6 Å². The van der Waals surface area contributed by atoms with Crippen LogP contribution >= 0.6 is 0 Å². The van der Waals surface area contributed by atoms with Gasteiger partial charge in [-0.15, -0.1) is 4.68 Å². The summed E-state index contributed by atoms with van der Waals surface area (Å²) in [5.74, 6) is -1.56. The first-order valence-electron chi connectivity index (χ1n) is 5.76. The topological polar surface area (TPSA) is 73.0 Å². The summed E-state index contributed by atoms with van der Waals surface area (Å²) in [6.45, 7) is 0. The summed E-state index contributed by atoms with van der Waals surface area (Å²) >= 11 is 0. The van der Waals surface area contributed by atoms with Crippen molar-refractivity contribution in [3.05, 3.63) is 40.1 Å². The molecule has 0 radical (unpaired) electrons. The number of carbonyl (C=O) groups excluding carboxylic acids is 1. The normalized spacial score (nSPS) is 11.5. The number of rotatable bonds is 1. The van der Waals surface area contributed by atoms with Crippen LogP contribution in [0, 0.1) is 5.82 Å². The first kappa shape index (κ1) is 15.7. The number of amides is 1. The van der Waals surface area contributed by atoms with Gasteiger partial charge in [-0.1, -0.05) is 0 Å². The Hall–Kier alpha value is -2.72. The third kappa shape index (κ3) is 2.69. The molecule has 22 heavy (non-hydrogen) atoms. The zero-order valence-electron chi connectivity index (χ0n) is 11.3. The van der Waals surface area contributed by atoms with Gasteiger partial charge in [-0.25, -0.2) is 14.0 Å².